The summed E-state index contributed by atoms with van der Waals surface area (Å²) in [4.78, 5) is 16.2. The third-order valence-corrected chi connectivity index (χ3v) is 4.34. The Balaban J connectivity index is 1.64. The van der Waals surface area contributed by atoms with E-state index in [0.29, 0.717) is 32.7 Å². The van der Waals surface area contributed by atoms with Crippen molar-refractivity contribution in [2.24, 2.45) is 4.99 Å². The molecule has 0 atom stereocenters. The van der Waals surface area contributed by atoms with Gasteiger partial charge in [0.25, 0.3) is 0 Å². The highest BCUT2D eigenvalue weighted by atomic mass is 35.5. The average molecular weight is 402 g/mol. The summed E-state index contributed by atoms with van der Waals surface area (Å²) >= 11 is 12.1. The van der Waals surface area contributed by atoms with Gasteiger partial charge in [-0.1, -0.05) is 29.3 Å². The molecule has 0 unspecified atom stereocenters. The zero-order valence-corrected chi connectivity index (χ0v) is 15.1. The molecule has 0 amide bonds. The molecule has 2 aromatic carbocycles. The number of aliphatic imine (C=N–C) groups is 1. The summed E-state index contributed by atoms with van der Waals surface area (Å²) in [5, 5.41) is 0.966. The summed E-state index contributed by atoms with van der Waals surface area (Å²) in [5.74, 6) is -0.134. The maximum Gasteiger partial charge on any atom is 0.363 e. The number of furan rings is 1. The van der Waals surface area contributed by atoms with Gasteiger partial charge in [0, 0.05) is 22.2 Å². The predicted octanol–water partition coefficient (Wildman–Crippen LogP) is 5.74. The van der Waals surface area contributed by atoms with Gasteiger partial charge in [0.2, 0.25) is 5.90 Å². The smallest absolute Gasteiger partial charge is 0.363 e. The van der Waals surface area contributed by atoms with Crippen molar-refractivity contribution >= 4 is 41.1 Å². The van der Waals surface area contributed by atoms with Crippen molar-refractivity contribution in [1.82, 2.24) is 0 Å². The second kappa shape index (κ2) is 7.02. The van der Waals surface area contributed by atoms with Gasteiger partial charge in [-0.15, -0.1) is 0 Å². The Bertz CT molecular complexity index is 1120. The molecule has 0 fully saturated rings. The van der Waals surface area contributed by atoms with Crippen molar-refractivity contribution in [2.45, 2.75) is 0 Å². The SMILES string of the molecule is O=C1OC(c2cccc(F)c2)=N/C1=C\c1ccc(-c2ccc(Cl)cc2Cl)o1. The number of hydrogen-bond donors (Lipinski definition) is 0. The van der Waals surface area contributed by atoms with E-state index in [1.54, 1.807) is 36.4 Å². The normalized spacial score (nSPS) is 15.1. The molecule has 1 aliphatic rings. The van der Waals surface area contributed by atoms with Gasteiger partial charge in [-0.05, 0) is 48.5 Å². The first-order chi connectivity index (χ1) is 13.0. The summed E-state index contributed by atoms with van der Waals surface area (Å²) in [6, 6.07) is 14.1. The lowest BCUT2D eigenvalue weighted by molar-refractivity contribution is -0.129. The zero-order valence-electron chi connectivity index (χ0n) is 13.6. The van der Waals surface area contributed by atoms with E-state index < -0.39 is 11.8 Å². The Hall–Kier alpha value is -2.89. The fraction of sp³-hybridized carbons (Fsp3) is 0. The Kier molecular flexibility index (Phi) is 4.56. The number of hydrogen-bond acceptors (Lipinski definition) is 4. The van der Waals surface area contributed by atoms with E-state index in [1.165, 1.54) is 24.3 Å². The minimum atomic E-state index is -0.642. The van der Waals surface area contributed by atoms with Crippen LogP contribution < -0.4 is 0 Å². The molecular weight excluding hydrogens is 392 g/mol. The Labute approximate surface area is 163 Å². The molecule has 0 radical (unpaired) electrons. The van der Waals surface area contributed by atoms with Crippen molar-refractivity contribution in [3.8, 4) is 11.3 Å². The molecule has 2 heterocycles. The molecule has 1 aliphatic heterocycles. The number of carbonyl (C=O) groups is 1. The number of ether oxygens (including phenoxy) is 1. The fourth-order valence-corrected chi connectivity index (χ4v) is 3.05. The van der Waals surface area contributed by atoms with Gasteiger partial charge in [0.05, 0.1) is 5.02 Å². The van der Waals surface area contributed by atoms with Gasteiger partial charge in [-0.3, -0.25) is 0 Å². The van der Waals surface area contributed by atoms with Crippen LogP contribution in [0.3, 0.4) is 0 Å². The lowest BCUT2D eigenvalue weighted by Crippen LogP contribution is -2.05. The minimum absolute atomic E-state index is 0.0401. The maximum atomic E-state index is 13.3. The van der Waals surface area contributed by atoms with Crippen LogP contribution in [0.1, 0.15) is 11.3 Å². The van der Waals surface area contributed by atoms with Gasteiger partial charge in [-0.2, -0.15) is 0 Å². The molecule has 27 heavy (non-hydrogen) atoms. The molecule has 0 saturated carbocycles. The van der Waals surface area contributed by atoms with Gasteiger partial charge >= 0.3 is 5.97 Å². The van der Waals surface area contributed by atoms with Crippen LogP contribution in [-0.2, 0) is 9.53 Å². The lowest BCUT2D eigenvalue weighted by atomic mass is 10.2. The molecule has 3 aromatic rings. The van der Waals surface area contributed by atoms with Crippen molar-refractivity contribution in [3.63, 3.8) is 0 Å². The highest BCUT2D eigenvalue weighted by Gasteiger charge is 2.25. The summed E-state index contributed by atoms with van der Waals surface area (Å²) in [5.41, 5.74) is 1.10. The minimum Gasteiger partial charge on any atom is -0.457 e. The molecular formula is C20H10Cl2FNO3. The molecule has 4 nitrogen and oxygen atoms in total. The molecule has 7 heteroatoms. The third-order valence-electron chi connectivity index (χ3n) is 3.79. The largest absolute Gasteiger partial charge is 0.457 e. The highest BCUT2D eigenvalue weighted by molar-refractivity contribution is 6.36. The molecule has 0 spiro atoms. The monoisotopic (exact) mass is 401 g/mol. The number of rotatable bonds is 3. The van der Waals surface area contributed by atoms with Crippen molar-refractivity contribution in [2.75, 3.05) is 0 Å². The van der Waals surface area contributed by atoms with E-state index >= 15 is 0 Å². The molecule has 0 saturated heterocycles. The van der Waals surface area contributed by atoms with Crippen molar-refractivity contribution in [3.05, 3.63) is 87.5 Å². The Morgan fingerprint density at radius 3 is 2.67 bits per heavy atom. The van der Waals surface area contributed by atoms with Crippen LogP contribution in [0.2, 0.25) is 10.0 Å². The van der Waals surface area contributed by atoms with Crippen LogP contribution in [-0.4, -0.2) is 11.9 Å². The summed E-state index contributed by atoms with van der Waals surface area (Å²) in [7, 11) is 0. The number of esters is 1. The van der Waals surface area contributed by atoms with Gasteiger partial charge in [-0.25, -0.2) is 14.2 Å². The Morgan fingerprint density at radius 1 is 1.04 bits per heavy atom. The number of halogens is 3. The van der Waals surface area contributed by atoms with Crippen molar-refractivity contribution in [1.29, 1.82) is 0 Å². The topological polar surface area (TPSA) is 51.8 Å². The van der Waals surface area contributed by atoms with E-state index in [-0.39, 0.29) is 11.6 Å². The summed E-state index contributed by atoms with van der Waals surface area (Å²) < 4.78 is 24.2. The molecule has 4 rings (SSSR count). The number of nitrogens with zero attached hydrogens (tertiary/aromatic N) is 1. The first-order valence-corrected chi connectivity index (χ1v) is 8.59. The van der Waals surface area contributed by atoms with Crippen LogP contribution in [0.4, 0.5) is 4.39 Å². The maximum absolute atomic E-state index is 13.3. The van der Waals surface area contributed by atoms with Gasteiger partial charge in [0.1, 0.15) is 17.3 Å². The molecule has 134 valence electrons. The Morgan fingerprint density at radius 2 is 1.89 bits per heavy atom. The summed E-state index contributed by atoms with van der Waals surface area (Å²) in [6.45, 7) is 0. The molecule has 0 N–H and O–H groups in total. The van der Waals surface area contributed by atoms with Crippen molar-refractivity contribution < 1.29 is 18.3 Å². The molecule has 1 aromatic heterocycles. The van der Waals surface area contributed by atoms with E-state index in [9.17, 15) is 9.18 Å². The number of carbonyl (C=O) groups excluding carboxylic acids is 1. The number of cyclic esters (lactones) is 1. The van der Waals surface area contributed by atoms with E-state index in [2.05, 4.69) is 4.99 Å². The predicted molar refractivity (Wildman–Crippen MR) is 101 cm³/mol. The van der Waals surface area contributed by atoms with Crippen LogP contribution in [0, 0.1) is 5.82 Å². The number of benzene rings is 2. The lowest BCUT2D eigenvalue weighted by Gasteiger charge is -2.00. The standard InChI is InChI=1S/C20H10Cl2FNO3/c21-12-4-6-15(16(22)9-12)18-7-5-14(26-18)10-17-20(25)27-19(24-17)11-2-1-3-13(23)8-11/h1-10H/b17-10-. The first-order valence-electron chi connectivity index (χ1n) is 7.83. The molecule has 0 aliphatic carbocycles. The van der Waals surface area contributed by atoms with Crippen LogP contribution >= 0.6 is 23.2 Å². The van der Waals surface area contributed by atoms with E-state index in [1.807, 2.05) is 0 Å². The first kappa shape index (κ1) is 17.5. The fourth-order valence-electron chi connectivity index (χ4n) is 2.55. The zero-order chi connectivity index (χ0) is 19.0. The third kappa shape index (κ3) is 3.65. The second-order valence-corrected chi connectivity index (χ2v) is 6.52. The highest BCUT2D eigenvalue weighted by Crippen LogP contribution is 2.32. The molecule has 0 bridgehead atoms. The summed E-state index contributed by atoms with van der Waals surface area (Å²) in [6.07, 6.45) is 1.45. The average Bonchev–Trinajstić information content (AvgIpc) is 3.23. The van der Waals surface area contributed by atoms with E-state index in [4.69, 9.17) is 32.4 Å². The van der Waals surface area contributed by atoms with Crippen LogP contribution in [0.25, 0.3) is 17.4 Å². The quantitative estimate of drug-likeness (QED) is 0.415. The van der Waals surface area contributed by atoms with E-state index in [0.717, 1.165) is 0 Å². The van der Waals surface area contributed by atoms with Gasteiger partial charge < -0.3 is 9.15 Å². The van der Waals surface area contributed by atoms with Gasteiger partial charge in [0.15, 0.2) is 5.70 Å². The van der Waals surface area contributed by atoms with Crippen LogP contribution in [0.5, 0.6) is 0 Å². The van der Waals surface area contributed by atoms with Crippen LogP contribution in [0.15, 0.2) is 69.7 Å². The second-order valence-electron chi connectivity index (χ2n) is 5.67.